The number of hydrazine groups is 1. The van der Waals surface area contributed by atoms with Crippen LogP contribution in [0, 0.1) is 11.6 Å². The molecule has 182 valence electrons. The number of rotatable bonds is 5. The number of hydrogen-bond acceptors (Lipinski definition) is 5. The van der Waals surface area contributed by atoms with Gasteiger partial charge in [-0.1, -0.05) is 0 Å². The van der Waals surface area contributed by atoms with Crippen molar-refractivity contribution in [1.29, 1.82) is 0 Å². The van der Waals surface area contributed by atoms with Crippen LogP contribution < -0.4 is 26.2 Å². The zero-order valence-electron chi connectivity index (χ0n) is 17.3. The third kappa shape index (κ3) is 6.26. The van der Waals surface area contributed by atoms with E-state index in [1.54, 1.807) is 0 Å². The molecule has 0 saturated carbocycles. The van der Waals surface area contributed by atoms with E-state index in [-0.39, 0.29) is 45.2 Å². The standard InChI is InChI=1S/C20H17F5N4O3S2/c1-32-10-6-13(21)15(14(22)7-10)12-8-26-18(31)16(12)27-19(33)29-28-17(30)9-2-4-11(5-3-9)34-20(23,24)25/h2-7,12,16H,8H2,1H3,(H,26,31)(H,28,30)(H2,27,29,33)/t12-,16-/m0/s1. The lowest BCUT2D eigenvalue weighted by Gasteiger charge is -2.22. The molecule has 0 bridgehead atoms. The second-order valence-electron chi connectivity index (χ2n) is 6.96. The van der Waals surface area contributed by atoms with Crippen molar-refractivity contribution in [3.63, 3.8) is 0 Å². The number of nitrogens with one attached hydrogen (secondary N) is 4. The first-order valence-electron chi connectivity index (χ1n) is 9.52. The minimum Gasteiger partial charge on any atom is -0.497 e. The van der Waals surface area contributed by atoms with Gasteiger partial charge in [0.05, 0.1) is 7.11 Å². The van der Waals surface area contributed by atoms with Crippen LogP contribution in [0.2, 0.25) is 0 Å². The Bertz CT molecular complexity index is 1080. The van der Waals surface area contributed by atoms with E-state index in [1.807, 2.05) is 0 Å². The topological polar surface area (TPSA) is 91.5 Å². The lowest BCUT2D eigenvalue weighted by molar-refractivity contribution is -0.120. The number of amides is 2. The number of ether oxygens (including phenoxy) is 1. The molecule has 1 heterocycles. The van der Waals surface area contributed by atoms with Crippen molar-refractivity contribution in [3.05, 3.63) is 59.2 Å². The van der Waals surface area contributed by atoms with Crippen molar-refractivity contribution < 1.29 is 36.3 Å². The van der Waals surface area contributed by atoms with Gasteiger partial charge in [-0.2, -0.15) is 13.2 Å². The average molecular weight is 521 g/mol. The molecule has 4 N–H and O–H groups in total. The summed E-state index contributed by atoms with van der Waals surface area (Å²) in [7, 11) is 1.26. The average Bonchev–Trinajstić information content (AvgIpc) is 3.10. The maximum absolute atomic E-state index is 14.5. The lowest BCUT2D eigenvalue weighted by Crippen LogP contribution is -2.52. The molecular formula is C20H17F5N4O3S2. The number of thioether (sulfide) groups is 1. The van der Waals surface area contributed by atoms with Crippen molar-refractivity contribution in [1.82, 2.24) is 21.5 Å². The van der Waals surface area contributed by atoms with Crippen LogP contribution in [0.5, 0.6) is 5.75 Å². The van der Waals surface area contributed by atoms with Crippen LogP contribution in [0.1, 0.15) is 21.8 Å². The van der Waals surface area contributed by atoms with Crippen molar-refractivity contribution in [2.24, 2.45) is 0 Å². The largest absolute Gasteiger partial charge is 0.497 e. The summed E-state index contributed by atoms with van der Waals surface area (Å²) in [4.78, 5) is 24.3. The van der Waals surface area contributed by atoms with Crippen LogP contribution in [-0.4, -0.2) is 42.1 Å². The minimum atomic E-state index is -4.45. The number of carbonyl (C=O) groups is 2. The van der Waals surface area contributed by atoms with E-state index in [2.05, 4.69) is 21.5 Å². The Labute approximate surface area is 199 Å². The second kappa shape index (κ2) is 10.4. The zero-order valence-corrected chi connectivity index (χ0v) is 18.9. The molecule has 14 heteroatoms. The van der Waals surface area contributed by atoms with Gasteiger partial charge < -0.3 is 15.4 Å². The predicted molar refractivity (Wildman–Crippen MR) is 117 cm³/mol. The molecular weight excluding hydrogens is 503 g/mol. The third-order valence-corrected chi connectivity index (χ3v) is 5.73. The Morgan fingerprint density at radius 2 is 1.76 bits per heavy atom. The molecule has 1 fully saturated rings. The molecule has 0 aromatic heterocycles. The van der Waals surface area contributed by atoms with Crippen LogP contribution >= 0.6 is 24.0 Å². The summed E-state index contributed by atoms with van der Waals surface area (Å²) in [5, 5.41) is 4.88. The first kappa shape index (κ1) is 25.5. The summed E-state index contributed by atoms with van der Waals surface area (Å²) in [6.07, 6.45) is 0. The van der Waals surface area contributed by atoms with Gasteiger partial charge in [-0.05, 0) is 48.2 Å². The van der Waals surface area contributed by atoms with E-state index in [1.165, 1.54) is 19.2 Å². The van der Waals surface area contributed by atoms with E-state index in [0.29, 0.717) is 0 Å². The summed E-state index contributed by atoms with van der Waals surface area (Å²) in [5.41, 5.74) is -0.166. The number of benzene rings is 2. The Hall–Kier alpha value is -3.13. The fourth-order valence-corrected chi connectivity index (χ4v) is 3.98. The number of halogens is 5. The summed E-state index contributed by atoms with van der Waals surface area (Å²) in [6.45, 7) is -0.0616. The summed E-state index contributed by atoms with van der Waals surface area (Å²) in [6, 6.07) is 5.49. The maximum Gasteiger partial charge on any atom is 0.446 e. The van der Waals surface area contributed by atoms with Gasteiger partial charge in [-0.3, -0.25) is 20.4 Å². The highest BCUT2D eigenvalue weighted by atomic mass is 32.2. The van der Waals surface area contributed by atoms with Gasteiger partial charge in [-0.15, -0.1) is 0 Å². The monoisotopic (exact) mass is 520 g/mol. The van der Waals surface area contributed by atoms with Gasteiger partial charge >= 0.3 is 5.51 Å². The number of methoxy groups -OCH3 is 1. The molecule has 34 heavy (non-hydrogen) atoms. The Balaban J connectivity index is 1.61. The van der Waals surface area contributed by atoms with Crippen molar-refractivity contribution in [3.8, 4) is 5.75 Å². The van der Waals surface area contributed by atoms with E-state index in [4.69, 9.17) is 17.0 Å². The van der Waals surface area contributed by atoms with Crippen molar-refractivity contribution in [2.45, 2.75) is 22.4 Å². The quantitative estimate of drug-likeness (QED) is 0.209. The summed E-state index contributed by atoms with van der Waals surface area (Å²) in [5.74, 6) is -4.05. The third-order valence-electron chi connectivity index (χ3n) is 4.77. The predicted octanol–water partition coefficient (Wildman–Crippen LogP) is 2.98. The van der Waals surface area contributed by atoms with Gasteiger partial charge in [0.25, 0.3) is 5.91 Å². The molecule has 7 nitrogen and oxygen atoms in total. The Kier molecular flexibility index (Phi) is 7.82. The Morgan fingerprint density at radius 1 is 1.15 bits per heavy atom. The van der Waals surface area contributed by atoms with E-state index >= 15 is 0 Å². The van der Waals surface area contributed by atoms with Gasteiger partial charge in [0.2, 0.25) is 5.91 Å². The molecule has 2 atom stereocenters. The van der Waals surface area contributed by atoms with Gasteiger partial charge in [0.1, 0.15) is 23.4 Å². The number of carbonyl (C=O) groups excluding carboxylic acids is 2. The smallest absolute Gasteiger partial charge is 0.446 e. The molecule has 0 aliphatic carbocycles. The van der Waals surface area contributed by atoms with Crippen LogP contribution in [0.3, 0.4) is 0 Å². The van der Waals surface area contributed by atoms with Gasteiger partial charge in [0.15, 0.2) is 5.11 Å². The van der Waals surface area contributed by atoms with Crippen LogP contribution in [0.15, 0.2) is 41.3 Å². The van der Waals surface area contributed by atoms with Crippen LogP contribution in [0.25, 0.3) is 0 Å². The zero-order chi connectivity index (χ0) is 25.0. The number of hydrogen-bond donors (Lipinski definition) is 4. The van der Waals surface area contributed by atoms with Crippen molar-refractivity contribution in [2.75, 3.05) is 13.7 Å². The fraction of sp³-hybridized carbons (Fsp3) is 0.250. The minimum absolute atomic E-state index is 0.0227. The highest BCUT2D eigenvalue weighted by Crippen LogP contribution is 2.36. The van der Waals surface area contributed by atoms with E-state index in [9.17, 15) is 31.5 Å². The van der Waals surface area contributed by atoms with Gasteiger partial charge in [-0.25, -0.2) is 8.78 Å². The number of thiocarbonyl (C=S) groups is 1. The van der Waals surface area contributed by atoms with Crippen molar-refractivity contribution >= 4 is 40.9 Å². The molecule has 3 rings (SSSR count). The molecule has 0 radical (unpaired) electrons. The molecule has 2 aromatic rings. The Morgan fingerprint density at radius 3 is 2.32 bits per heavy atom. The fourth-order valence-electron chi connectivity index (χ4n) is 3.26. The summed E-state index contributed by atoms with van der Waals surface area (Å²) >= 11 is 4.73. The molecule has 1 aliphatic rings. The highest BCUT2D eigenvalue weighted by molar-refractivity contribution is 8.00. The molecule has 1 aliphatic heterocycles. The lowest BCUT2D eigenvalue weighted by atomic mass is 9.93. The van der Waals surface area contributed by atoms with E-state index in [0.717, 1.165) is 24.3 Å². The molecule has 2 aromatic carbocycles. The highest BCUT2D eigenvalue weighted by Gasteiger charge is 2.39. The summed E-state index contributed by atoms with van der Waals surface area (Å²) < 4.78 is 71.0. The van der Waals surface area contributed by atoms with Crippen LogP contribution in [0.4, 0.5) is 22.0 Å². The van der Waals surface area contributed by atoms with E-state index < -0.39 is 40.9 Å². The second-order valence-corrected chi connectivity index (χ2v) is 8.51. The maximum atomic E-state index is 14.5. The first-order valence-corrected chi connectivity index (χ1v) is 10.7. The number of alkyl halides is 3. The molecule has 0 spiro atoms. The molecule has 0 unspecified atom stereocenters. The molecule has 1 saturated heterocycles. The normalized spacial score (nSPS) is 17.6. The van der Waals surface area contributed by atoms with Gasteiger partial charge in [0, 0.05) is 40.6 Å². The van der Waals surface area contributed by atoms with Crippen LogP contribution in [-0.2, 0) is 4.79 Å². The molecule has 2 amide bonds. The first-order chi connectivity index (χ1) is 16.0. The SMILES string of the molecule is COc1cc(F)c([C@@H]2CNC(=O)[C@H]2NC(=S)NNC(=O)c2ccc(SC(F)(F)F)cc2)c(F)c1.